The van der Waals surface area contributed by atoms with Crippen LogP contribution < -0.4 is 4.90 Å². The van der Waals surface area contributed by atoms with Crippen LogP contribution in [0.2, 0.25) is 0 Å². The predicted octanol–water partition coefficient (Wildman–Crippen LogP) is 1.56. The van der Waals surface area contributed by atoms with Crippen LogP contribution in [0.1, 0.15) is 12.0 Å². The number of anilines is 1. The SMILES string of the molecule is COC(=O)C1CN(c2ccc(C)cc2)CCC1=O. The van der Waals surface area contributed by atoms with Crippen molar-refractivity contribution in [1.29, 1.82) is 0 Å². The van der Waals surface area contributed by atoms with Gasteiger partial charge in [0.05, 0.1) is 7.11 Å². The van der Waals surface area contributed by atoms with E-state index < -0.39 is 11.9 Å². The minimum Gasteiger partial charge on any atom is -0.468 e. The fourth-order valence-corrected chi connectivity index (χ4v) is 2.17. The lowest BCUT2D eigenvalue weighted by Crippen LogP contribution is -2.44. The van der Waals surface area contributed by atoms with E-state index in [0.29, 0.717) is 19.5 Å². The number of aryl methyl sites for hydroxylation is 1. The number of hydrogen-bond acceptors (Lipinski definition) is 4. The van der Waals surface area contributed by atoms with E-state index in [9.17, 15) is 9.59 Å². The summed E-state index contributed by atoms with van der Waals surface area (Å²) >= 11 is 0. The number of benzene rings is 1. The van der Waals surface area contributed by atoms with E-state index in [-0.39, 0.29) is 5.78 Å². The number of carbonyl (C=O) groups is 2. The van der Waals surface area contributed by atoms with E-state index in [4.69, 9.17) is 0 Å². The molecule has 1 heterocycles. The number of hydrogen-bond donors (Lipinski definition) is 0. The number of piperidine rings is 1. The van der Waals surface area contributed by atoms with Crippen molar-refractivity contribution in [2.24, 2.45) is 5.92 Å². The van der Waals surface area contributed by atoms with Gasteiger partial charge in [0.15, 0.2) is 5.78 Å². The quantitative estimate of drug-likeness (QED) is 0.588. The van der Waals surface area contributed by atoms with Gasteiger partial charge in [-0.3, -0.25) is 9.59 Å². The molecular weight excluding hydrogens is 230 g/mol. The Bertz CT molecular complexity index is 445. The van der Waals surface area contributed by atoms with Gasteiger partial charge in [0.25, 0.3) is 0 Å². The van der Waals surface area contributed by atoms with Crippen LogP contribution in [0.25, 0.3) is 0 Å². The molecule has 1 aromatic rings. The Morgan fingerprint density at radius 3 is 2.61 bits per heavy atom. The molecule has 0 spiro atoms. The maximum absolute atomic E-state index is 11.7. The van der Waals surface area contributed by atoms with E-state index in [2.05, 4.69) is 9.64 Å². The molecule has 1 aliphatic rings. The molecule has 1 unspecified atom stereocenters. The van der Waals surface area contributed by atoms with Crippen molar-refractivity contribution < 1.29 is 14.3 Å². The van der Waals surface area contributed by atoms with Crippen LogP contribution in [-0.4, -0.2) is 32.0 Å². The summed E-state index contributed by atoms with van der Waals surface area (Å²) in [5, 5.41) is 0. The molecule has 0 bridgehead atoms. The van der Waals surface area contributed by atoms with Crippen molar-refractivity contribution in [3.05, 3.63) is 29.8 Å². The average Bonchev–Trinajstić information content (AvgIpc) is 2.39. The largest absolute Gasteiger partial charge is 0.468 e. The minimum absolute atomic E-state index is 0.0230. The molecule has 0 aliphatic carbocycles. The van der Waals surface area contributed by atoms with Crippen LogP contribution in [0.3, 0.4) is 0 Å². The molecule has 0 amide bonds. The fraction of sp³-hybridized carbons (Fsp3) is 0.429. The highest BCUT2D eigenvalue weighted by Crippen LogP contribution is 2.22. The Morgan fingerprint density at radius 2 is 2.00 bits per heavy atom. The van der Waals surface area contributed by atoms with Crippen LogP contribution in [0.5, 0.6) is 0 Å². The first kappa shape index (κ1) is 12.6. The van der Waals surface area contributed by atoms with Gasteiger partial charge in [0.2, 0.25) is 0 Å². The monoisotopic (exact) mass is 247 g/mol. The van der Waals surface area contributed by atoms with E-state index in [1.54, 1.807) is 0 Å². The zero-order valence-corrected chi connectivity index (χ0v) is 10.7. The molecule has 0 saturated carbocycles. The highest BCUT2D eigenvalue weighted by atomic mass is 16.5. The molecule has 1 atom stereocenters. The molecular formula is C14H17NO3. The lowest BCUT2D eigenvalue weighted by atomic mass is 9.96. The molecule has 1 aromatic carbocycles. The molecule has 18 heavy (non-hydrogen) atoms. The van der Waals surface area contributed by atoms with Crippen LogP contribution in [0, 0.1) is 12.8 Å². The third-order valence-electron chi connectivity index (χ3n) is 3.30. The number of rotatable bonds is 2. The number of carbonyl (C=O) groups excluding carboxylic acids is 2. The second kappa shape index (κ2) is 5.21. The maximum atomic E-state index is 11.7. The van der Waals surface area contributed by atoms with E-state index in [1.807, 2.05) is 31.2 Å². The summed E-state index contributed by atoms with van der Waals surface area (Å²) in [6.45, 7) is 3.10. The molecule has 4 heteroatoms. The first-order valence-corrected chi connectivity index (χ1v) is 6.04. The van der Waals surface area contributed by atoms with E-state index in [0.717, 1.165) is 5.69 Å². The number of methoxy groups -OCH3 is 1. The van der Waals surface area contributed by atoms with Crippen molar-refractivity contribution in [2.45, 2.75) is 13.3 Å². The zero-order chi connectivity index (χ0) is 13.1. The molecule has 4 nitrogen and oxygen atoms in total. The van der Waals surface area contributed by atoms with Crippen molar-refractivity contribution in [3.8, 4) is 0 Å². The summed E-state index contributed by atoms with van der Waals surface area (Å²) in [5.74, 6) is -1.10. The maximum Gasteiger partial charge on any atom is 0.318 e. The Kier molecular flexibility index (Phi) is 3.65. The summed E-state index contributed by atoms with van der Waals surface area (Å²) in [7, 11) is 1.32. The second-order valence-corrected chi connectivity index (χ2v) is 4.57. The van der Waals surface area contributed by atoms with Crippen LogP contribution >= 0.6 is 0 Å². The van der Waals surface area contributed by atoms with Gasteiger partial charge < -0.3 is 9.64 Å². The van der Waals surface area contributed by atoms with Gasteiger partial charge in [-0.05, 0) is 19.1 Å². The minimum atomic E-state index is -0.648. The molecule has 1 saturated heterocycles. The summed E-state index contributed by atoms with van der Waals surface area (Å²) in [6.07, 6.45) is 0.396. The standard InChI is InChI=1S/C14H17NO3/c1-10-3-5-11(6-4-10)15-8-7-13(16)12(9-15)14(17)18-2/h3-6,12H,7-9H2,1-2H3. The number of ether oxygens (including phenoxy) is 1. The first-order chi connectivity index (χ1) is 8.61. The van der Waals surface area contributed by atoms with Crippen LogP contribution in [0.4, 0.5) is 5.69 Å². The highest BCUT2D eigenvalue weighted by Gasteiger charge is 2.33. The van der Waals surface area contributed by atoms with Crippen molar-refractivity contribution >= 4 is 17.4 Å². The van der Waals surface area contributed by atoms with Crippen molar-refractivity contribution in [2.75, 3.05) is 25.1 Å². The number of esters is 1. The topological polar surface area (TPSA) is 46.6 Å². The fourth-order valence-electron chi connectivity index (χ4n) is 2.17. The lowest BCUT2D eigenvalue weighted by molar-refractivity contribution is -0.149. The molecule has 0 radical (unpaired) electrons. The summed E-state index contributed by atoms with van der Waals surface area (Å²) in [4.78, 5) is 25.3. The van der Waals surface area contributed by atoms with E-state index >= 15 is 0 Å². The van der Waals surface area contributed by atoms with Gasteiger partial charge >= 0.3 is 5.97 Å². The molecule has 0 N–H and O–H groups in total. The third-order valence-corrected chi connectivity index (χ3v) is 3.30. The smallest absolute Gasteiger partial charge is 0.318 e. The average molecular weight is 247 g/mol. The molecule has 2 rings (SSSR count). The number of Topliss-reactive ketones (excluding diaryl/α,β-unsaturated/α-hetero) is 1. The molecule has 1 aliphatic heterocycles. The Hall–Kier alpha value is -1.84. The third kappa shape index (κ3) is 2.53. The molecule has 96 valence electrons. The summed E-state index contributed by atoms with van der Waals surface area (Å²) in [5.41, 5.74) is 2.23. The zero-order valence-electron chi connectivity index (χ0n) is 10.7. The summed E-state index contributed by atoms with van der Waals surface area (Å²) < 4.78 is 4.68. The highest BCUT2D eigenvalue weighted by molar-refractivity contribution is 6.00. The van der Waals surface area contributed by atoms with Gasteiger partial charge in [-0.15, -0.1) is 0 Å². The van der Waals surface area contributed by atoms with Crippen molar-refractivity contribution in [3.63, 3.8) is 0 Å². The lowest BCUT2D eigenvalue weighted by Gasteiger charge is -2.32. The van der Waals surface area contributed by atoms with Gasteiger partial charge in [-0.2, -0.15) is 0 Å². The van der Waals surface area contributed by atoms with Gasteiger partial charge in [-0.1, -0.05) is 17.7 Å². The van der Waals surface area contributed by atoms with E-state index in [1.165, 1.54) is 12.7 Å². The molecule has 1 fully saturated rings. The van der Waals surface area contributed by atoms with Gasteiger partial charge in [0, 0.05) is 25.2 Å². The van der Waals surface area contributed by atoms with Crippen LogP contribution in [0.15, 0.2) is 24.3 Å². The van der Waals surface area contributed by atoms with Crippen molar-refractivity contribution in [1.82, 2.24) is 0 Å². The van der Waals surface area contributed by atoms with Crippen LogP contribution in [-0.2, 0) is 14.3 Å². The summed E-state index contributed by atoms with van der Waals surface area (Å²) in [6, 6.07) is 8.08. The predicted molar refractivity (Wildman–Crippen MR) is 68.5 cm³/mol. The Morgan fingerprint density at radius 1 is 1.33 bits per heavy atom. The first-order valence-electron chi connectivity index (χ1n) is 6.04. The Balaban J connectivity index is 2.14. The molecule has 0 aromatic heterocycles. The Labute approximate surface area is 107 Å². The van der Waals surface area contributed by atoms with Gasteiger partial charge in [-0.25, -0.2) is 0 Å². The number of ketones is 1. The second-order valence-electron chi connectivity index (χ2n) is 4.57. The number of nitrogens with zero attached hydrogens (tertiary/aromatic N) is 1. The normalized spacial score (nSPS) is 19.8. The van der Waals surface area contributed by atoms with Gasteiger partial charge in [0.1, 0.15) is 5.92 Å².